The molecule has 8 nitrogen and oxygen atoms in total. The van der Waals surface area contributed by atoms with Crippen LogP contribution >= 0.6 is 23.2 Å². The number of halogens is 2. The first-order valence-electron chi connectivity index (χ1n) is 15.8. The van der Waals surface area contributed by atoms with Crippen molar-refractivity contribution in [3.8, 4) is 0 Å². The van der Waals surface area contributed by atoms with Crippen molar-refractivity contribution >= 4 is 69.3 Å². The van der Waals surface area contributed by atoms with Crippen molar-refractivity contribution in [3.63, 3.8) is 0 Å². The Bertz CT molecular complexity index is 2280. The standard InChI is InChI=1S/C40H30Cl2N6O2/c1-24-8-10-27(11-9-24)38(34-22-43-36-14-12-28(18-32(34)36)39(49)47-45-20-25-4-2-6-30(41)16-25)35-23-44-37-15-13-29(19-33(35)37)40(50)48-46-21-26-5-3-7-31(42)17-26/h2-23,38,43-44H,1H3,(H,47,49)(H,48,50)/b45-20+,46-21+. The topological polar surface area (TPSA) is 114 Å². The van der Waals surface area contributed by atoms with Crippen molar-refractivity contribution in [2.45, 2.75) is 12.8 Å². The number of nitrogens with zero attached hydrogens (tertiary/aromatic N) is 2. The summed E-state index contributed by atoms with van der Waals surface area (Å²) in [5, 5.41) is 11.2. The van der Waals surface area contributed by atoms with Gasteiger partial charge in [-0.1, -0.05) is 77.3 Å². The van der Waals surface area contributed by atoms with Crippen LogP contribution in [0.2, 0.25) is 10.0 Å². The average Bonchev–Trinajstić information content (AvgIpc) is 3.73. The third kappa shape index (κ3) is 7.08. The molecule has 4 N–H and O–H groups in total. The number of hydrazone groups is 2. The summed E-state index contributed by atoms with van der Waals surface area (Å²) >= 11 is 12.1. The second-order valence-corrected chi connectivity index (χ2v) is 12.7. The number of nitrogens with one attached hydrogen (secondary N) is 4. The largest absolute Gasteiger partial charge is 0.361 e. The van der Waals surface area contributed by atoms with E-state index in [0.717, 1.165) is 55.2 Å². The average molecular weight is 698 g/mol. The number of hydrogen-bond donors (Lipinski definition) is 4. The van der Waals surface area contributed by atoms with Gasteiger partial charge in [0.15, 0.2) is 0 Å². The van der Waals surface area contributed by atoms with Crippen molar-refractivity contribution in [1.29, 1.82) is 0 Å². The summed E-state index contributed by atoms with van der Waals surface area (Å²) in [6.45, 7) is 2.05. The lowest BCUT2D eigenvalue weighted by molar-refractivity contribution is 0.0947. The van der Waals surface area contributed by atoms with Crippen molar-refractivity contribution in [2.24, 2.45) is 10.2 Å². The van der Waals surface area contributed by atoms with E-state index in [2.05, 4.69) is 62.2 Å². The number of benzene rings is 5. The highest BCUT2D eigenvalue weighted by Gasteiger charge is 2.24. The summed E-state index contributed by atoms with van der Waals surface area (Å²) in [5.41, 5.74) is 13.6. The molecule has 2 aromatic heterocycles. The molecule has 10 heteroatoms. The lowest BCUT2D eigenvalue weighted by Gasteiger charge is -2.18. The lowest BCUT2D eigenvalue weighted by Crippen LogP contribution is -2.17. The zero-order valence-corrected chi connectivity index (χ0v) is 28.3. The van der Waals surface area contributed by atoms with Gasteiger partial charge in [-0.25, -0.2) is 10.9 Å². The molecule has 0 aliphatic rings. The second-order valence-electron chi connectivity index (χ2n) is 11.9. The zero-order chi connectivity index (χ0) is 34.6. The molecule has 0 bridgehead atoms. The molecule has 0 aliphatic heterocycles. The molecule has 7 rings (SSSR count). The first-order valence-corrected chi connectivity index (χ1v) is 16.5. The molecule has 0 saturated carbocycles. The Morgan fingerprint density at radius 1 is 0.640 bits per heavy atom. The first kappa shape index (κ1) is 32.6. The van der Waals surface area contributed by atoms with Gasteiger partial charge in [0.1, 0.15) is 0 Å². The SMILES string of the molecule is Cc1ccc(C(c2c[nH]c3ccc(C(=O)N/N=C/c4cccc(Cl)c4)cc23)c2c[nH]c3ccc(C(=O)N/N=C/c4cccc(Cl)c4)cc23)cc1. The Labute approximate surface area is 297 Å². The summed E-state index contributed by atoms with van der Waals surface area (Å²) in [7, 11) is 0. The number of carbonyl (C=O) groups is 2. The van der Waals surface area contributed by atoms with Gasteiger partial charge in [-0.15, -0.1) is 0 Å². The Kier molecular flexibility index (Phi) is 9.29. The van der Waals surface area contributed by atoms with Crippen LogP contribution < -0.4 is 10.9 Å². The summed E-state index contributed by atoms with van der Waals surface area (Å²) in [6, 6.07) is 33.9. The molecule has 0 spiro atoms. The van der Waals surface area contributed by atoms with Crippen LogP contribution in [0.1, 0.15) is 60.0 Å². The molecule has 246 valence electrons. The molecule has 50 heavy (non-hydrogen) atoms. The van der Waals surface area contributed by atoms with Gasteiger partial charge in [-0.3, -0.25) is 9.59 Å². The normalized spacial score (nSPS) is 11.7. The maximum atomic E-state index is 13.2. The second kappa shape index (κ2) is 14.3. The molecule has 0 saturated heterocycles. The van der Waals surface area contributed by atoms with Crippen molar-refractivity contribution in [2.75, 3.05) is 0 Å². The fourth-order valence-electron chi connectivity index (χ4n) is 5.96. The predicted molar refractivity (Wildman–Crippen MR) is 202 cm³/mol. The number of fused-ring (bicyclic) bond motifs is 2. The Balaban J connectivity index is 1.22. The first-order chi connectivity index (χ1) is 24.3. The fourth-order valence-corrected chi connectivity index (χ4v) is 6.36. The zero-order valence-electron chi connectivity index (χ0n) is 26.7. The Morgan fingerprint density at radius 2 is 1.12 bits per heavy atom. The Hall–Kier alpha value is -5.96. The van der Waals surface area contributed by atoms with E-state index < -0.39 is 0 Å². The van der Waals surface area contributed by atoms with Crippen LogP contribution in [-0.4, -0.2) is 34.2 Å². The van der Waals surface area contributed by atoms with E-state index in [4.69, 9.17) is 23.2 Å². The minimum Gasteiger partial charge on any atom is -0.361 e. The van der Waals surface area contributed by atoms with E-state index in [9.17, 15) is 9.59 Å². The van der Waals surface area contributed by atoms with Crippen LogP contribution in [0.4, 0.5) is 0 Å². The van der Waals surface area contributed by atoms with Gasteiger partial charge in [0, 0.05) is 61.3 Å². The van der Waals surface area contributed by atoms with Crippen LogP contribution in [0.15, 0.2) is 132 Å². The summed E-state index contributed by atoms with van der Waals surface area (Å²) in [4.78, 5) is 33.2. The molecule has 7 aromatic rings. The molecule has 0 unspecified atom stereocenters. The number of hydrogen-bond acceptors (Lipinski definition) is 4. The number of aryl methyl sites for hydroxylation is 1. The van der Waals surface area contributed by atoms with Crippen molar-refractivity contribution < 1.29 is 9.59 Å². The highest BCUT2D eigenvalue weighted by molar-refractivity contribution is 6.31. The smallest absolute Gasteiger partial charge is 0.271 e. The molecular formula is C40H30Cl2N6O2. The molecule has 0 aliphatic carbocycles. The van der Waals surface area contributed by atoms with Crippen molar-refractivity contribution in [1.82, 2.24) is 20.8 Å². The minimum atomic E-state index is -0.343. The number of H-pyrrole nitrogens is 2. The van der Waals surface area contributed by atoms with E-state index in [1.165, 1.54) is 0 Å². The maximum absolute atomic E-state index is 13.2. The number of amides is 2. The molecular weight excluding hydrogens is 667 g/mol. The molecule has 0 atom stereocenters. The van der Waals surface area contributed by atoms with E-state index in [-0.39, 0.29) is 17.7 Å². The molecule has 2 heterocycles. The number of carbonyl (C=O) groups excluding carboxylic acids is 2. The summed E-state index contributed by atoms with van der Waals surface area (Å²) in [6.07, 6.45) is 7.06. The van der Waals surface area contributed by atoms with Gasteiger partial charge in [0.2, 0.25) is 0 Å². The van der Waals surface area contributed by atoms with Gasteiger partial charge < -0.3 is 9.97 Å². The third-order valence-corrected chi connectivity index (χ3v) is 8.91. The van der Waals surface area contributed by atoms with E-state index >= 15 is 0 Å². The lowest BCUT2D eigenvalue weighted by atomic mass is 9.84. The van der Waals surface area contributed by atoms with E-state index in [1.807, 2.05) is 60.9 Å². The van der Waals surface area contributed by atoms with Crippen LogP contribution in [-0.2, 0) is 0 Å². The predicted octanol–water partition coefficient (Wildman–Crippen LogP) is 8.97. The third-order valence-electron chi connectivity index (χ3n) is 8.44. The van der Waals surface area contributed by atoms with Crippen LogP contribution in [0.25, 0.3) is 21.8 Å². The fraction of sp³-hybridized carbons (Fsp3) is 0.0500. The molecule has 5 aromatic carbocycles. The van der Waals surface area contributed by atoms with Gasteiger partial charge >= 0.3 is 0 Å². The van der Waals surface area contributed by atoms with Crippen LogP contribution in [0.5, 0.6) is 0 Å². The Morgan fingerprint density at radius 3 is 1.58 bits per heavy atom. The molecule has 0 radical (unpaired) electrons. The number of aromatic nitrogens is 2. The van der Waals surface area contributed by atoms with E-state index in [0.29, 0.717) is 21.2 Å². The quantitative estimate of drug-likeness (QED) is 0.0891. The highest BCUT2D eigenvalue weighted by Crippen LogP contribution is 2.40. The van der Waals surface area contributed by atoms with Gasteiger partial charge in [-0.05, 0) is 95.4 Å². The minimum absolute atomic E-state index is 0.239. The van der Waals surface area contributed by atoms with E-state index in [1.54, 1.807) is 48.8 Å². The molecule has 0 fully saturated rings. The van der Waals surface area contributed by atoms with Crippen LogP contribution in [0, 0.1) is 6.92 Å². The van der Waals surface area contributed by atoms with Crippen molar-refractivity contribution in [3.05, 3.63) is 176 Å². The number of rotatable bonds is 9. The summed E-state index contributed by atoms with van der Waals surface area (Å²) < 4.78 is 0. The number of aromatic amines is 2. The highest BCUT2D eigenvalue weighted by atomic mass is 35.5. The van der Waals surface area contributed by atoms with Gasteiger partial charge in [0.25, 0.3) is 11.8 Å². The van der Waals surface area contributed by atoms with Gasteiger partial charge in [0.05, 0.1) is 12.4 Å². The summed E-state index contributed by atoms with van der Waals surface area (Å²) in [5.74, 6) is -0.925. The molecule has 2 amide bonds. The maximum Gasteiger partial charge on any atom is 0.271 e. The van der Waals surface area contributed by atoms with Crippen LogP contribution in [0.3, 0.4) is 0 Å². The monoisotopic (exact) mass is 696 g/mol. The van der Waals surface area contributed by atoms with Gasteiger partial charge in [-0.2, -0.15) is 10.2 Å².